The number of benzene rings is 2. The van der Waals surface area contributed by atoms with Crippen LogP contribution in [-0.4, -0.2) is 17.8 Å². The maximum Gasteiger partial charge on any atom is 0.380 e. The molecule has 1 aliphatic carbocycles. The fourth-order valence-electron chi connectivity index (χ4n) is 4.57. The van der Waals surface area contributed by atoms with E-state index in [-0.39, 0.29) is 30.6 Å². The Labute approximate surface area is 222 Å². The molecular weight excluding hydrogens is 578 g/mol. The van der Waals surface area contributed by atoms with Crippen molar-refractivity contribution in [1.82, 2.24) is 0 Å². The molecule has 2 heterocycles. The first kappa shape index (κ1) is 27.4. The van der Waals surface area contributed by atoms with E-state index < -0.39 is 63.3 Å². The Balaban J connectivity index is 1.78. The van der Waals surface area contributed by atoms with Crippen LogP contribution in [0.4, 0.5) is 43.9 Å². The van der Waals surface area contributed by atoms with Gasteiger partial charge in [0.05, 0.1) is 0 Å². The lowest BCUT2D eigenvalue weighted by molar-refractivity contribution is -0.254. The summed E-state index contributed by atoms with van der Waals surface area (Å²) in [6.45, 7) is 2.46. The number of alkyl halides is 6. The normalized spacial score (nSPS) is 17.7. The van der Waals surface area contributed by atoms with E-state index >= 15 is 17.6 Å². The van der Waals surface area contributed by atoms with Crippen molar-refractivity contribution in [2.75, 3.05) is 0 Å². The van der Waals surface area contributed by atoms with Crippen LogP contribution < -0.4 is 0 Å². The maximum absolute atomic E-state index is 15.3. The van der Waals surface area contributed by atoms with E-state index in [0.29, 0.717) is 34.8 Å². The molecule has 204 valence electrons. The molecule has 1 aliphatic rings. The third-order valence-electron chi connectivity index (χ3n) is 6.34. The molecule has 0 radical (unpaired) electrons. The van der Waals surface area contributed by atoms with Gasteiger partial charge >= 0.3 is 17.8 Å². The number of halogens is 10. The van der Waals surface area contributed by atoms with E-state index in [2.05, 4.69) is 0 Å². The summed E-state index contributed by atoms with van der Waals surface area (Å²) in [5, 5.41) is 0. The lowest BCUT2D eigenvalue weighted by atomic mass is 9.94. The molecule has 0 fully saturated rings. The highest BCUT2D eigenvalue weighted by molar-refractivity contribution is 7.16. The van der Waals surface area contributed by atoms with E-state index in [1.165, 1.54) is 13.8 Å². The van der Waals surface area contributed by atoms with Crippen molar-refractivity contribution in [2.45, 2.75) is 31.6 Å². The lowest BCUT2D eigenvalue weighted by Crippen LogP contribution is -2.48. The molecule has 0 atom stereocenters. The molecule has 12 heteroatoms. The Morgan fingerprint density at radius 3 is 1.10 bits per heavy atom. The summed E-state index contributed by atoms with van der Waals surface area (Å²) >= 11 is 1.42. The second-order valence-corrected chi connectivity index (χ2v) is 11.5. The smallest absolute Gasteiger partial charge is 0.207 e. The minimum atomic E-state index is -5.83. The minimum absolute atomic E-state index is 0.0138. The predicted octanol–water partition coefficient (Wildman–Crippen LogP) is 10.1. The molecule has 0 unspecified atom stereocenters. The third kappa shape index (κ3) is 4.19. The van der Waals surface area contributed by atoms with Crippen molar-refractivity contribution < 1.29 is 43.9 Å². The highest BCUT2D eigenvalue weighted by atomic mass is 32.1. The van der Waals surface area contributed by atoms with Crippen molar-refractivity contribution in [3.8, 4) is 20.9 Å². The van der Waals surface area contributed by atoms with Crippen molar-refractivity contribution in [3.05, 3.63) is 92.7 Å². The summed E-state index contributed by atoms with van der Waals surface area (Å²) in [5.74, 6) is -20.5. The van der Waals surface area contributed by atoms with Crippen LogP contribution in [0.2, 0.25) is 0 Å². The zero-order chi connectivity index (χ0) is 28.7. The lowest BCUT2D eigenvalue weighted by Gasteiger charge is -2.25. The van der Waals surface area contributed by atoms with Crippen LogP contribution in [0.3, 0.4) is 0 Å². The van der Waals surface area contributed by atoms with Gasteiger partial charge in [0.15, 0.2) is 0 Å². The van der Waals surface area contributed by atoms with Gasteiger partial charge in [-0.05, 0) is 72.5 Å². The van der Waals surface area contributed by atoms with Gasteiger partial charge in [0.25, 0.3) is 0 Å². The van der Waals surface area contributed by atoms with Gasteiger partial charge in [-0.3, -0.25) is 0 Å². The monoisotopic (exact) mass is 592 g/mol. The van der Waals surface area contributed by atoms with E-state index in [4.69, 9.17) is 0 Å². The predicted molar refractivity (Wildman–Crippen MR) is 130 cm³/mol. The summed E-state index contributed by atoms with van der Waals surface area (Å²) in [6, 6.07) is 6.51. The number of thiophene rings is 2. The van der Waals surface area contributed by atoms with Gasteiger partial charge in [-0.15, -0.1) is 22.7 Å². The Bertz CT molecular complexity index is 1500. The summed E-state index contributed by atoms with van der Waals surface area (Å²) in [4.78, 5) is -0.175. The van der Waals surface area contributed by atoms with Crippen LogP contribution in [0.5, 0.6) is 0 Å². The minimum Gasteiger partial charge on any atom is -0.207 e. The van der Waals surface area contributed by atoms with E-state index in [0.717, 1.165) is 36.4 Å². The van der Waals surface area contributed by atoms with Gasteiger partial charge in [0.2, 0.25) is 0 Å². The van der Waals surface area contributed by atoms with E-state index in [1.54, 1.807) is 0 Å². The van der Waals surface area contributed by atoms with Crippen LogP contribution in [-0.2, 0) is 0 Å². The third-order valence-corrected chi connectivity index (χ3v) is 8.53. The van der Waals surface area contributed by atoms with Gasteiger partial charge in [-0.25, -0.2) is 17.6 Å². The van der Waals surface area contributed by atoms with Gasteiger partial charge in [-0.2, -0.15) is 26.3 Å². The molecule has 0 N–H and O–H groups in total. The second kappa shape index (κ2) is 8.95. The summed E-state index contributed by atoms with van der Waals surface area (Å²) < 4.78 is 146. The van der Waals surface area contributed by atoms with Gasteiger partial charge in [-0.1, -0.05) is 0 Å². The van der Waals surface area contributed by atoms with Crippen molar-refractivity contribution in [2.24, 2.45) is 0 Å². The zero-order valence-electron chi connectivity index (χ0n) is 19.7. The van der Waals surface area contributed by atoms with E-state index in [9.17, 15) is 26.3 Å². The van der Waals surface area contributed by atoms with Crippen LogP contribution in [0.25, 0.3) is 32.0 Å². The first-order chi connectivity index (χ1) is 18.0. The molecule has 2 aromatic carbocycles. The van der Waals surface area contributed by atoms with Crippen LogP contribution in [0, 0.1) is 37.1 Å². The number of allylic oxidation sites excluding steroid dienone is 2. The molecule has 39 heavy (non-hydrogen) atoms. The molecule has 0 amide bonds. The highest BCUT2D eigenvalue weighted by Crippen LogP contribution is 2.66. The van der Waals surface area contributed by atoms with Gasteiger partial charge < -0.3 is 0 Å². The first-order valence-electron chi connectivity index (χ1n) is 11.1. The average Bonchev–Trinajstić information content (AvgIpc) is 3.40. The molecule has 0 aliphatic heterocycles. The summed E-state index contributed by atoms with van der Waals surface area (Å²) in [7, 11) is 0. The number of hydrogen-bond acceptors (Lipinski definition) is 2. The fraction of sp³-hybridized carbons (Fsp3) is 0.185. The molecule has 4 aromatic rings. The standard InChI is InChI=1S/C27H14F10S2/c1-11-19(9-21(38-11)13-3-15(28)7-16(29)4-13)23-24(26(34,35)27(36,37)25(23,32)33)20-10-22(39-12(20)2)14-5-17(30)8-18(31)6-14/h3-10H,1-2H3. The molecule has 0 spiro atoms. The molecule has 0 nitrogen and oxygen atoms in total. The maximum atomic E-state index is 15.3. The molecule has 0 saturated heterocycles. The largest absolute Gasteiger partial charge is 0.380 e. The first-order valence-corrected chi connectivity index (χ1v) is 12.7. The zero-order valence-corrected chi connectivity index (χ0v) is 21.3. The average molecular weight is 593 g/mol. The quantitative estimate of drug-likeness (QED) is 0.207. The van der Waals surface area contributed by atoms with Crippen molar-refractivity contribution in [3.63, 3.8) is 0 Å². The molecular formula is C27H14F10S2. The second-order valence-electron chi connectivity index (χ2n) is 8.95. The topological polar surface area (TPSA) is 0 Å². The Hall–Kier alpha value is -3.12. The Morgan fingerprint density at radius 1 is 0.487 bits per heavy atom. The molecule has 2 aromatic heterocycles. The Kier molecular flexibility index (Phi) is 6.30. The molecule has 5 rings (SSSR count). The van der Waals surface area contributed by atoms with Crippen molar-refractivity contribution >= 4 is 33.8 Å². The number of hydrogen-bond donors (Lipinski definition) is 0. The SMILES string of the molecule is Cc1sc(-c2cc(F)cc(F)c2)cc1C1=C(c2cc(-c3cc(F)cc(F)c3)sc2C)C(F)(F)C(F)(F)C1(F)F. The highest BCUT2D eigenvalue weighted by Gasteiger charge is 2.80. The van der Waals surface area contributed by atoms with E-state index in [1.807, 2.05) is 0 Å². The molecule has 0 bridgehead atoms. The van der Waals surface area contributed by atoms with Gasteiger partial charge in [0.1, 0.15) is 23.3 Å². The number of aryl methyl sites for hydroxylation is 2. The van der Waals surface area contributed by atoms with Gasteiger partial charge in [0, 0.05) is 42.8 Å². The summed E-state index contributed by atoms with van der Waals surface area (Å²) in [6.07, 6.45) is 0. The van der Waals surface area contributed by atoms with Crippen LogP contribution in [0.15, 0.2) is 48.5 Å². The fourth-order valence-corrected chi connectivity index (χ4v) is 6.60. The van der Waals surface area contributed by atoms with Crippen molar-refractivity contribution in [1.29, 1.82) is 0 Å². The van der Waals surface area contributed by atoms with Crippen LogP contribution in [0.1, 0.15) is 20.9 Å². The Morgan fingerprint density at radius 2 is 0.795 bits per heavy atom. The molecule has 0 saturated carbocycles. The number of rotatable bonds is 4. The van der Waals surface area contributed by atoms with Crippen LogP contribution >= 0.6 is 22.7 Å². The summed E-state index contributed by atoms with van der Waals surface area (Å²) in [5.41, 5.74) is -4.74.